The van der Waals surface area contributed by atoms with Gasteiger partial charge in [0.15, 0.2) is 6.35 Å². The highest BCUT2D eigenvalue weighted by Gasteiger charge is 2.35. The van der Waals surface area contributed by atoms with Crippen LogP contribution in [-0.4, -0.2) is 25.7 Å². The summed E-state index contributed by atoms with van der Waals surface area (Å²) in [6, 6.07) is 17.4. The lowest BCUT2D eigenvalue weighted by molar-refractivity contribution is -0.150. The van der Waals surface area contributed by atoms with Crippen LogP contribution in [0.15, 0.2) is 54.6 Å². The standard InChI is InChI=1S/C33H40ClO7P/c1-6-8-33(35)38-20-37-32-12-11-25(17-29(32)22(2)3)18-30-23(4)15-28(16-24(30)5)39-21-42(36)40-14-13-31(41-42)26-9-7-10-27(34)19-26/h7,9-12,15-17,19,22,31H,6,8,13-14,18,20-21H2,1-5H3/t31-,42+/m0/s1. The summed E-state index contributed by atoms with van der Waals surface area (Å²) in [5.74, 6) is 1.31. The van der Waals surface area contributed by atoms with Crippen LogP contribution in [0.5, 0.6) is 11.5 Å². The van der Waals surface area contributed by atoms with Crippen molar-refractivity contribution in [3.05, 3.63) is 93.0 Å². The third-order valence-electron chi connectivity index (χ3n) is 7.20. The molecule has 0 saturated carbocycles. The molecule has 1 fully saturated rings. The van der Waals surface area contributed by atoms with Crippen LogP contribution >= 0.6 is 19.2 Å². The predicted octanol–water partition coefficient (Wildman–Crippen LogP) is 9.06. The highest BCUT2D eigenvalue weighted by atomic mass is 35.5. The van der Waals surface area contributed by atoms with Gasteiger partial charge >= 0.3 is 13.6 Å². The molecule has 42 heavy (non-hydrogen) atoms. The second kappa shape index (κ2) is 14.6. The molecule has 7 nitrogen and oxygen atoms in total. The first kappa shape index (κ1) is 32.1. The number of esters is 1. The Bertz CT molecular complexity index is 1410. The number of ether oxygens (including phenoxy) is 3. The van der Waals surface area contributed by atoms with Gasteiger partial charge in [-0.3, -0.25) is 13.9 Å². The molecule has 3 aromatic carbocycles. The Kier molecular flexibility index (Phi) is 11.1. The summed E-state index contributed by atoms with van der Waals surface area (Å²) in [6.07, 6.45) is 1.92. The van der Waals surface area contributed by atoms with Gasteiger partial charge < -0.3 is 18.7 Å². The molecule has 1 saturated heterocycles. The maximum Gasteiger partial charge on any atom is 0.368 e. The Morgan fingerprint density at radius 1 is 1.07 bits per heavy atom. The van der Waals surface area contributed by atoms with E-state index in [1.807, 2.05) is 63.2 Å². The van der Waals surface area contributed by atoms with E-state index in [0.717, 1.165) is 46.4 Å². The SMILES string of the molecule is CCCC(=O)OCOc1ccc(Cc2c(C)cc(OC[P@@]3(=O)OCC[C@@H](c4cccc(Cl)c4)O3)cc2C)cc1C(C)C. The third-order valence-corrected chi connectivity index (χ3v) is 9.03. The molecule has 0 N–H and O–H groups in total. The molecule has 0 aromatic heterocycles. The molecule has 0 unspecified atom stereocenters. The summed E-state index contributed by atoms with van der Waals surface area (Å²) in [5, 5.41) is 0.606. The van der Waals surface area contributed by atoms with Crippen LogP contribution in [0.4, 0.5) is 0 Å². The minimum atomic E-state index is -3.45. The largest absolute Gasteiger partial charge is 0.481 e. The average molecular weight is 615 g/mol. The van der Waals surface area contributed by atoms with E-state index in [1.54, 1.807) is 6.07 Å². The molecule has 3 aromatic rings. The first-order chi connectivity index (χ1) is 20.1. The van der Waals surface area contributed by atoms with Gasteiger partial charge in [-0.15, -0.1) is 0 Å². The molecule has 0 spiro atoms. The molecule has 0 bridgehead atoms. The molecule has 0 aliphatic carbocycles. The Hall–Kier alpha value is -2.83. The Labute approximate surface area is 254 Å². The smallest absolute Gasteiger partial charge is 0.368 e. The van der Waals surface area contributed by atoms with E-state index in [2.05, 4.69) is 19.9 Å². The zero-order valence-corrected chi connectivity index (χ0v) is 26.6. The van der Waals surface area contributed by atoms with E-state index >= 15 is 0 Å². The van der Waals surface area contributed by atoms with Crippen molar-refractivity contribution >= 4 is 25.2 Å². The van der Waals surface area contributed by atoms with Crippen LogP contribution < -0.4 is 9.47 Å². The molecule has 226 valence electrons. The number of carbonyl (C=O) groups excluding carboxylic acids is 1. The van der Waals surface area contributed by atoms with Crippen LogP contribution in [0.25, 0.3) is 0 Å². The first-order valence-corrected chi connectivity index (χ1v) is 16.5. The fourth-order valence-electron chi connectivity index (χ4n) is 4.98. The topological polar surface area (TPSA) is 80.3 Å². The molecule has 2 atom stereocenters. The normalized spacial score (nSPS) is 18.6. The van der Waals surface area contributed by atoms with Crippen LogP contribution in [-0.2, 0) is 29.6 Å². The van der Waals surface area contributed by atoms with Gasteiger partial charge in [-0.2, -0.15) is 0 Å². The lowest BCUT2D eigenvalue weighted by Gasteiger charge is -2.30. The second-order valence-electron chi connectivity index (χ2n) is 10.9. The van der Waals surface area contributed by atoms with Crippen molar-refractivity contribution in [3.63, 3.8) is 0 Å². The zero-order valence-electron chi connectivity index (χ0n) is 25.0. The van der Waals surface area contributed by atoms with Crippen molar-refractivity contribution in [2.24, 2.45) is 0 Å². The average Bonchev–Trinajstić information content (AvgIpc) is 2.94. The van der Waals surface area contributed by atoms with Gasteiger partial charge in [0.1, 0.15) is 11.5 Å². The van der Waals surface area contributed by atoms with Gasteiger partial charge in [0.25, 0.3) is 0 Å². The Morgan fingerprint density at radius 3 is 2.52 bits per heavy atom. The fraction of sp³-hybridized carbons (Fsp3) is 0.424. The van der Waals surface area contributed by atoms with Crippen molar-refractivity contribution in [1.82, 2.24) is 0 Å². The van der Waals surface area contributed by atoms with Crippen LogP contribution in [0.2, 0.25) is 5.02 Å². The monoisotopic (exact) mass is 614 g/mol. The molecule has 0 amide bonds. The lowest BCUT2D eigenvalue weighted by Crippen LogP contribution is -2.17. The highest BCUT2D eigenvalue weighted by molar-refractivity contribution is 7.53. The number of hydrogen-bond acceptors (Lipinski definition) is 7. The summed E-state index contributed by atoms with van der Waals surface area (Å²) in [6.45, 7) is 10.5. The second-order valence-corrected chi connectivity index (χ2v) is 13.3. The van der Waals surface area contributed by atoms with E-state index < -0.39 is 7.60 Å². The number of carbonyl (C=O) groups is 1. The molecule has 0 radical (unpaired) electrons. The molecule has 1 heterocycles. The zero-order chi connectivity index (χ0) is 30.3. The summed E-state index contributed by atoms with van der Waals surface area (Å²) in [4.78, 5) is 11.7. The number of rotatable bonds is 12. The highest BCUT2D eigenvalue weighted by Crippen LogP contribution is 2.56. The van der Waals surface area contributed by atoms with Crippen molar-refractivity contribution < 1.29 is 32.6 Å². The summed E-state index contributed by atoms with van der Waals surface area (Å²) in [5.41, 5.74) is 6.41. The third kappa shape index (κ3) is 8.61. The van der Waals surface area contributed by atoms with E-state index in [4.69, 9.17) is 34.9 Å². The minimum absolute atomic E-state index is 0.0954. The quantitative estimate of drug-likeness (QED) is 0.114. The van der Waals surface area contributed by atoms with Crippen molar-refractivity contribution in [2.75, 3.05) is 19.7 Å². The lowest BCUT2D eigenvalue weighted by atomic mass is 9.93. The van der Waals surface area contributed by atoms with Gasteiger partial charge in [0.05, 0.1) is 12.7 Å². The van der Waals surface area contributed by atoms with Crippen molar-refractivity contribution in [3.8, 4) is 11.5 Å². The van der Waals surface area contributed by atoms with Crippen molar-refractivity contribution in [1.29, 1.82) is 0 Å². The van der Waals surface area contributed by atoms with E-state index in [-0.39, 0.29) is 31.1 Å². The maximum atomic E-state index is 13.4. The number of benzene rings is 3. The molecule has 1 aliphatic heterocycles. The predicted molar refractivity (Wildman–Crippen MR) is 165 cm³/mol. The molecule has 1 aliphatic rings. The van der Waals surface area contributed by atoms with Crippen LogP contribution in [0.3, 0.4) is 0 Å². The van der Waals surface area contributed by atoms with Gasteiger partial charge in [0.2, 0.25) is 6.79 Å². The number of hydrogen-bond donors (Lipinski definition) is 0. The van der Waals surface area contributed by atoms with Gasteiger partial charge in [-0.1, -0.05) is 56.6 Å². The Balaban J connectivity index is 1.41. The van der Waals surface area contributed by atoms with Crippen LogP contribution in [0.1, 0.15) is 85.4 Å². The summed E-state index contributed by atoms with van der Waals surface area (Å²) < 4.78 is 41.8. The number of aryl methyl sites for hydroxylation is 2. The first-order valence-electron chi connectivity index (χ1n) is 14.4. The van der Waals surface area contributed by atoms with E-state index in [9.17, 15) is 9.36 Å². The molecular formula is C33H40ClO7P. The van der Waals surface area contributed by atoms with Gasteiger partial charge in [-0.25, -0.2) is 0 Å². The van der Waals surface area contributed by atoms with E-state index in [1.165, 1.54) is 5.56 Å². The van der Waals surface area contributed by atoms with Crippen molar-refractivity contribution in [2.45, 2.75) is 72.3 Å². The Morgan fingerprint density at radius 2 is 1.83 bits per heavy atom. The van der Waals surface area contributed by atoms with E-state index in [0.29, 0.717) is 30.2 Å². The molecule has 9 heteroatoms. The fourth-order valence-corrected chi connectivity index (χ4v) is 6.68. The van der Waals surface area contributed by atoms with Gasteiger partial charge in [-0.05, 0) is 96.3 Å². The molecule has 4 rings (SSSR count). The summed E-state index contributed by atoms with van der Waals surface area (Å²) >= 11 is 6.13. The number of halogens is 1. The molecular weight excluding hydrogens is 575 g/mol. The van der Waals surface area contributed by atoms with Gasteiger partial charge in [0, 0.05) is 17.9 Å². The minimum Gasteiger partial charge on any atom is -0.481 e. The summed E-state index contributed by atoms with van der Waals surface area (Å²) in [7, 11) is -3.45. The van der Waals surface area contributed by atoms with Crippen LogP contribution in [0, 0.1) is 13.8 Å². The maximum absolute atomic E-state index is 13.4.